The Hall–Kier alpha value is -3.87. The number of amides is 3. The Balaban J connectivity index is 1.95. The number of rotatable bonds is 12. The SMILES string of the molecule is CCCCCCCN(C(=O)CNC(=O)OC(C)(C)C)C(C(=O)Nc1ccc2ccccc2c1)c1c(C)cccc1C. The van der Waals surface area contributed by atoms with Crippen LogP contribution in [0.25, 0.3) is 10.8 Å². The molecule has 7 nitrogen and oxygen atoms in total. The van der Waals surface area contributed by atoms with Crippen LogP contribution in [0.3, 0.4) is 0 Å². The number of carbonyl (C=O) groups excluding carboxylic acids is 3. The zero-order valence-electron chi connectivity index (χ0n) is 25.4. The van der Waals surface area contributed by atoms with Gasteiger partial charge in [-0.25, -0.2) is 4.79 Å². The second-order valence-corrected chi connectivity index (χ2v) is 11.6. The van der Waals surface area contributed by atoms with Gasteiger partial charge in [-0.1, -0.05) is 81.1 Å². The van der Waals surface area contributed by atoms with E-state index in [9.17, 15) is 14.4 Å². The number of carbonyl (C=O) groups is 3. The second-order valence-electron chi connectivity index (χ2n) is 11.6. The lowest BCUT2D eigenvalue weighted by atomic mass is 9.93. The summed E-state index contributed by atoms with van der Waals surface area (Å²) in [6.45, 7) is 11.5. The van der Waals surface area contributed by atoms with Crippen molar-refractivity contribution in [2.75, 3.05) is 18.4 Å². The molecule has 0 aliphatic heterocycles. The molecule has 0 fully saturated rings. The van der Waals surface area contributed by atoms with Crippen molar-refractivity contribution in [3.63, 3.8) is 0 Å². The number of hydrogen-bond acceptors (Lipinski definition) is 4. The zero-order chi connectivity index (χ0) is 30.0. The predicted molar refractivity (Wildman–Crippen MR) is 166 cm³/mol. The van der Waals surface area contributed by atoms with Crippen molar-refractivity contribution in [2.45, 2.75) is 85.3 Å². The Morgan fingerprint density at radius 3 is 2.17 bits per heavy atom. The van der Waals surface area contributed by atoms with Crippen molar-refractivity contribution in [2.24, 2.45) is 0 Å². The molecule has 3 rings (SSSR count). The van der Waals surface area contributed by atoms with Gasteiger partial charge in [0.1, 0.15) is 18.2 Å². The van der Waals surface area contributed by atoms with Crippen LogP contribution >= 0.6 is 0 Å². The summed E-state index contributed by atoms with van der Waals surface area (Å²) >= 11 is 0. The largest absolute Gasteiger partial charge is 0.444 e. The molecule has 3 aromatic carbocycles. The predicted octanol–water partition coefficient (Wildman–Crippen LogP) is 7.46. The first-order chi connectivity index (χ1) is 19.5. The molecule has 3 aromatic rings. The number of benzene rings is 3. The molecule has 0 saturated carbocycles. The van der Waals surface area contributed by atoms with Crippen LogP contribution in [-0.4, -0.2) is 41.5 Å². The van der Waals surface area contributed by atoms with Crippen LogP contribution in [0, 0.1) is 13.8 Å². The van der Waals surface area contributed by atoms with Crippen molar-refractivity contribution in [1.82, 2.24) is 10.2 Å². The lowest BCUT2D eigenvalue weighted by molar-refractivity contribution is -0.138. The molecule has 0 bridgehead atoms. The molecule has 0 heterocycles. The van der Waals surface area contributed by atoms with Crippen molar-refractivity contribution < 1.29 is 19.1 Å². The molecule has 41 heavy (non-hydrogen) atoms. The van der Waals surface area contributed by atoms with Crippen LogP contribution in [0.1, 0.15) is 82.5 Å². The summed E-state index contributed by atoms with van der Waals surface area (Å²) in [5.41, 5.74) is 2.62. The van der Waals surface area contributed by atoms with Crippen LogP contribution in [0.2, 0.25) is 0 Å². The molecular weight excluding hydrogens is 514 g/mol. The minimum atomic E-state index is -0.873. The molecule has 0 aromatic heterocycles. The molecule has 0 spiro atoms. The number of aryl methyl sites for hydroxylation is 2. The molecule has 1 atom stereocenters. The van der Waals surface area contributed by atoms with Gasteiger partial charge < -0.3 is 20.3 Å². The van der Waals surface area contributed by atoms with E-state index in [1.54, 1.807) is 25.7 Å². The van der Waals surface area contributed by atoms with Gasteiger partial charge in [-0.2, -0.15) is 0 Å². The van der Waals surface area contributed by atoms with E-state index in [-0.39, 0.29) is 18.4 Å². The van der Waals surface area contributed by atoms with Gasteiger partial charge in [0, 0.05) is 12.2 Å². The number of unbranched alkanes of at least 4 members (excludes halogenated alkanes) is 4. The van der Waals surface area contributed by atoms with Crippen molar-refractivity contribution in [3.05, 3.63) is 77.4 Å². The van der Waals surface area contributed by atoms with E-state index in [2.05, 4.69) is 17.6 Å². The average Bonchev–Trinajstić information content (AvgIpc) is 2.91. The third kappa shape index (κ3) is 9.34. The summed E-state index contributed by atoms with van der Waals surface area (Å²) in [4.78, 5) is 41.9. The molecular formula is C34H45N3O4. The number of anilines is 1. The molecule has 2 N–H and O–H groups in total. The van der Waals surface area contributed by atoms with Crippen molar-refractivity contribution in [1.29, 1.82) is 0 Å². The van der Waals surface area contributed by atoms with E-state index in [4.69, 9.17) is 4.74 Å². The highest BCUT2D eigenvalue weighted by Crippen LogP contribution is 2.30. The third-order valence-corrected chi connectivity index (χ3v) is 7.00. The van der Waals surface area contributed by atoms with E-state index in [1.165, 1.54) is 0 Å². The van der Waals surface area contributed by atoms with Gasteiger partial charge >= 0.3 is 6.09 Å². The maximum Gasteiger partial charge on any atom is 0.408 e. The van der Waals surface area contributed by atoms with Gasteiger partial charge in [0.05, 0.1) is 0 Å². The van der Waals surface area contributed by atoms with Gasteiger partial charge in [0.15, 0.2) is 0 Å². The zero-order valence-corrected chi connectivity index (χ0v) is 25.4. The summed E-state index contributed by atoms with van der Waals surface area (Å²) in [5.74, 6) is -0.635. The molecule has 0 saturated heterocycles. The lowest BCUT2D eigenvalue weighted by Crippen LogP contribution is -2.47. The second kappa shape index (κ2) is 14.7. The topological polar surface area (TPSA) is 87.7 Å². The van der Waals surface area contributed by atoms with E-state index >= 15 is 0 Å². The van der Waals surface area contributed by atoms with Gasteiger partial charge in [0.25, 0.3) is 5.91 Å². The number of alkyl carbamates (subject to hydrolysis) is 1. The summed E-state index contributed by atoms with van der Waals surface area (Å²) in [6, 6.07) is 18.8. The quantitative estimate of drug-likeness (QED) is 0.226. The van der Waals surface area contributed by atoms with Crippen molar-refractivity contribution in [3.8, 4) is 0 Å². The maximum absolute atomic E-state index is 14.1. The van der Waals surface area contributed by atoms with Crippen LogP contribution in [-0.2, 0) is 14.3 Å². The number of ether oxygens (including phenoxy) is 1. The van der Waals surface area contributed by atoms with Gasteiger partial charge in [-0.15, -0.1) is 0 Å². The van der Waals surface area contributed by atoms with E-state index in [1.807, 2.05) is 74.5 Å². The Morgan fingerprint density at radius 1 is 0.854 bits per heavy atom. The highest BCUT2D eigenvalue weighted by molar-refractivity contribution is 6.00. The monoisotopic (exact) mass is 559 g/mol. The smallest absolute Gasteiger partial charge is 0.408 e. The van der Waals surface area contributed by atoms with E-state index < -0.39 is 17.7 Å². The van der Waals surface area contributed by atoms with Crippen LogP contribution in [0.15, 0.2) is 60.7 Å². The van der Waals surface area contributed by atoms with Crippen molar-refractivity contribution >= 4 is 34.4 Å². The highest BCUT2D eigenvalue weighted by Gasteiger charge is 2.33. The molecule has 3 amide bonds. The first kappa shape index (κ1) is 31.7. The number of hydrogen-bond donors (Lipinski definition) is 2. The van der Waals surface area contributed by atoms with Gasteiger partial charge in [-0.05, 0) is 80.6 Å². The Morgan fingerprint density at radius 2 is 1.51 bits per heavy atom. The molecule has 7 heteroatoms. The fraction of sp³-hybridized carbons (Fsp3) is 0.441. The minimum absolute atomic E-state index is 0.269. The molecule has 0 aliphatic rings. The van der Waals surface area contributed by atoms with Crippen LogP contribution in [0.5, 0.6) is 0 Å². The Bertz CT molecular complexity index is 1330. The molecule has 0 radical (unpaired) electrons. The number of fused-ring (bicyclic) bond motifs is 1. The number of nitrogens with zero attached hydrogens (tertiary/aromatic N) is 1. The summed E-state index contributed by atoms with van der Waals surface area (Å²) < 4.78 is 5.34. The first-order valence-corrected chi connectivity index (χ1v) is 14.6. The number of nitrogens with one attached hydrogen (secondary N) is 2. The van der Waals surface area contributed by atoms with Gasteiger partial charge in [0.2, 0.25) is 5.91 Å². The van der Waals surface area contributed by atoms with Crippen LogP contribution < -0.4 is 10.6 Å². The first-order valence-electron chi connectivity index (χ1n) is 14.6. The fourth-order valence-electron chi connectivity index (χ4n) is 5.01. The lowest BCUT2D eigenvalue weighted by Gasteiger charge is -2.33. The van der Waals surface area contributed by atoms with E-state index in [0.717, 1.165) is 59.6 Å². The van der Waals surface area contributed by atoms with Gasteiger partial charge in [-0.3, -0.25) is 9.59 Å². The third-order valence-electron chi connectivity index (χ3n) is 7.00. The Kier molecular flexibility index (Phi) is 11.3. The minimum Gasteiger partial charge on any atom is -0.444 e. The van der Waals surface area contributed by atoms with Crippen LogP contribution in [0.4, 0.5) is 10.5 Å². The molecule has 0 aliphatic carbocycles. The maximum atomic E-state index is 14.1. The molecule has 220 valence electrons. The Labute approximate surface area is 244 Å². The highest BCUT2D eigenvalue weighted by atomic mass is 16.6. The summed E-state index contributed by atoms with van der Waals surface area (Å²) in [6.07, 6.45) is 4.33. The fourth-order valence-corrected chi connectivity index (χ4v) is 5.01. The van der Waals surface area contributed by atoms with E-state index in [0.29, 0.717) is 12.2 Å². The summed E-state index contributed by atoms with van der Waals surface area (Å²) in [7, 11) is 0. The average molecular weight is 560 g/mol. The standard InChI is InChI=1S/C34H45N3O4/c1-7-8-9-10-13-21-37(29(38)23-35-33(40)41-34(4,5)6)31(30-24(2)15-14-16-25(30)3)32(39)36-28-20-19-26-17-11-12-18-27(26)22-28/h11-12,14-20,22,31H,7-10,13,21,23H2,1-6H3,(H,35,40)(H,36,39). The normalized spacial score (nSPS) is 12.0. The summed E-state index contributed by atoms with van der Waals surface area (Å²) in [5, 5.41) is 7.77. The molecule has 1 unspecified atom stereocenters.